The van der Waals surface area contributed by atoms with Crippen LogP contribution in [0.15, 0.2) is 18.3 Å². The highest BCUT2D eigenvalue weighted by Gasteiger charge is 2.28. The third-order valence-electron chi connectivity index (χ3n) is 3.25. The number of carbonyl (C=O) groups excluding carboxylic acids is 1. The van der Waals surface area contributed by atoms with Crippen molar-refractivity contribution in [3.8, 4) is 5.88 Å². The number of hydrogen-bond donors (Lipinski definition) is 2. The Morgan fingerprint density at radius 1 is 1.38 bits per heavy atom. The summed E-state index contributed by atoms with van der Waals surface area (Å²) in [5, 5.41) is 5.49. The Morgan fingerprint density at radius 2 is 2.12 bits per heavy atom. The van der Waals surface area contributed by atoms with Crippen molar-refractivity contribution >= 4 is 6.03 Å². The van der Waals surface area contributed by atoms with Crippen molar-refractivity contribution in [2.45, 2.75) is 58.3 Å². The fraction of sp³-hybridized carbons (Fsp3) is 0.625. The van der Waals surface area contributed by atoms with Crippen molar-refractivity contribution in [2.75, 3.05) is 6.61 Å². The van der Waals surface area contributed by atoms with Gasteiger partial charge in [-0.2, -0.15) is 13.2 Å². The summed E-state index contributed by atoms with van der Waals surface area (Å²) >= 11 is 0. The number of carbonyl (C=O) groups is 1. The number of rotatable bonds is 9. The first-order valence-electron chi connectivity index (χ1n) is 7.99. The second-order valence-electron chi connectivity index (χ2n) is 5.63. The first-order chi connectivity index (χ1) is 11.3. The number of hydrogen-bond acceptors (Lipinski definition) is 3. The lowest BCUT2D eigenvalue weighted by Gasteiger charge is -2.14. The molecule has 1 heterocycles. The summed E-state index contributed by atoms with van der Waals surface area (Å²) in [5.74, 6) is -0.125. The van der Waals surface area contributed by atoms with Crippen LogP contribution >= 0.6 is 0 Å². The third kappa shape index (κ3) is 9.22. The number of pyridine rings is 1. The number of alkyl halides is 3. The molecule has 1 aromatic heterocycles. The fourth-order valence-electron chi connectivity index (χ4n) is 2.02. The maximum absolute atomic E-state index is 12.1. The molecule has 24 heavy (non-hydrogen) atoms. The highest BCUT2D eigenvalue weighted by atomic mass is 19.4. The number of nitrogens with one attached hydrogen (secondary N) is 2. The largest absolute Gasteiger partial charge is 0.468 e. The van der Waals surface area contributed by atoms with E-state index in [4.69, 9.17) is 0 Å². The molecule has 5 nitrogen and oxygen atoms in total. The van der Waals surface area contributed by atoms with E-state index >= 15 is 0 Å². The maximum atomic E-state index is 12.1. The Morgan fingerprint density at radius 3 is 2.79 bits per heavy atom. The topological polar surface area (TPSA) is 63.2 Å². The van der Waals surface area contributed by atoms with Crippen LogP contribution in [0.25, 0.3) is 0 Å². The first kappa shape index (κ1) is 20.1. The smallest absolute Gasteiger partial charge is 0.422 e. The Bertz CT molecular complexity index is 510. The molecule has 8 heteroatoms. The predicted octanol–water partition coefficient (Wildman–Crippen LogP) is 3.79. The zero-order valence-electron chi connectivity index (χ0n) is 13.9. The van der Waals surface area contributed by atoms with E-state index in [0.717, 1.165) is 25.7 Å². The number of ether oxygens (including phenoxy) is 1. The van der Waals surface area contributed by atoms with Gasteiger partial charge in [0.15, 0.2) is 6.61 Å². The lowest BCUT2D eigenvalue weighted by molar-refractivity contribution is -0.154. The SMILES string of the molecule is CCCCCC(C)NC(=O)NCc1ccnc(OCC(F)(F)F)c1. The van der Waals surface area contributed by atoms with E-state index in [9.17, 15) is 18.0 Å². The minimum Gasteiger partial charge on any atom is -0.468 e. The van der Waals surface area contributed by atoms with Gasteiger partial charge in [0.2, 0.25) is 5.88 Å². The molecule has 2 N–H and O–H groups in total. The molecule has 1 atom stereocenters. The van der Waals surface area contributed by atoms with Gasteiger partial charge >= 0.3 is 12.2 Å². The molecule has 0 aliphatic heterocycles. The zero-order valence-corrected chi connectivity index (χ0v) is 13.9. The average molecular weight is 347 g/mol. The van der Waals surface area contributed by atoms with E-state index in [1.807, 2.05) is 6.92 Å². The molecule has 0 fully saturated rings. The van der Waals surface area contributed by atoms with Crippen LogP contribution < -0.4 is 15.4 Å². The molecule has 0 spiro atoms. The molecule has 0 saturated carbocycles. The van der Waals surface area contributed by atoms with E-state index < -0.39 is 12.8 Å². The molecule has 1 rings (SSSR count). The summed E-state index contributed by atoms with van der Waals surface area (Å²) in [7, 11) is 0. The molecule has 0 bridgehead atoms. The molecule has 0 aromatic carbocycles. The average Bonchev–Trinajstić information content (AvgIpc) is 2.51. The standard InChI is InChI=1S/C16H24F3N3O2/c1-3-4-5-6-12(2)22-15(23)21-10-13-7-8-20-14(9-13)24-11-16(17,18)19/h7-9,12H,3-6,10-11H2,1-2H3,(H2,21,22,23). The van der Waals surface area contributed by atoms with Crippen LogP contribution in [0.5, 0.6) is 5.88 Å². The summed E-state index contributed by atoms with van der Waals surface area (Å²) in [4.78, 5) is 15.5. The van der Waals surface area contributed by atoms with Crippen molar-refractivity contribution in [3.05, 3.63) is 23.9 Å². The van der Waals surface area contributed by atoms with Gasteiger partial charge in [0.1, 0.15) is 0 Å². The summed E-state index contributed by atoms with van der Waals surface area (Å²) in [5.41, 5.74) is 0.607. The molecular formula is C16H24F3N3O2. The minimum absolute atomic E-state index is 0.0691. The van der Waals surface area contributed by atoms with Gasteiger partial charge in [-0.1, -0.05) is 26.2 Å². The van der Waals surface area contributed by atoms with Crippen LogP contribution in [0.4, 0.5) is 18.0 Å². The first-order valence-corrected chi connectivity index (χ1v) is 7.99. The maximum Gasteiger partial charge on any atom is 0.422 e. The highest BCUT2D eigenvalue weighted by molar-refractivity contribution is 5.74. The Labute approximate surface area is 140 Å². The van der Waals surface area contributed by atoms with Gasteiger partial charge in [-0.05, 0) is 25.0 Å². The van der Waals surface area contributed by atoms with Crippen LogP contribution in [0.1, 0.15) is 45.1 Å². The summed E-state index contributed by atoms with van der Waals surface area (Å²) < 4.78 is 40.9. The molecule has 0 saturated heterocycles. The van der Waals surface area contributed by atoms with E-state index in [0.29, 0.717) is 5.56 Å². The van der Waals surface area contributed by atoms with Crippen molar-refractivity contribution in [2.24, 2.45) is 0 Å². The van der Waals surface area contributed by atoms with E-state index in [1.165, 1.54) is 12.3 Å². The molecule has 0 radical (unpaired) electrons. The summed E-state index contributed by atoms with van der Waals surface area (Å²) in [6.45, 7) is 2.84. The van der Waals surface area contributed by atoms with Crippen molar-refractivity contribution in [1.29, 1.82) is 0 Å². The highest BCUT2D eigenvalue weighted by Crippen LogP contribution is 2.17. The van der Waals surface area contributed by atoms with Gasteiger partial charge in [0, 0.05) is 24.8 Å². The van der Waals surface area contributed by atoms with Crippen molar-refractivity contribution in [3.63, 3.8) is 0 Å². The van der Waals surface area contributed by atoms with E-state index in [-0.39, 0.29) is 24.5 Å². The molecule has 0 aliphatic rings. The number of nitrogens with zero attached hydrogens (tertiary/aromatic N) is 1. The fourth-order valence-corrected chi connectivity index (χ4v) is 2.02. The van der Waals surface area contributed by atoms with Crippen molar-refractivity contribution in [1.82, 2.24) is 15.6 Å². The summed E-state index contributed by atoms with van der Waals surface area (Å²) in [6.07, 6.45) is 1.15. The van der Waals surface area contributed by atoms with Gasteiger partial charge in [0.05, 0.1) is 0 Å². The summed E-state index contributed by atoms with van der Waals surface area (Å²) in [6, 6.07) is 2.73. The number of urea groups is 1. The molecule has 1 aromatic rings. The quantitative estimate of drug-likeness (QED) is 0.668. The van der Waals surface area contributed by atoms with Crippen LogP contribution in [-0.2, 0) is 6.54 Å². The zero-order chi connectivity index (χ0) is 18.0. The number of amides is 2. The van der Waals surface area contributed by atoms with E-state index in [1.54, 1.807) is 6.07 Å². The van der Waals surface area contributed by atoms with Crippen LogP contribution in [0, 0.1) is 0 Å². The van der Waals surface area contributed by atoms with Gasteiger partial charge in [0.25, 0.3) is 0 Å². The second-order valence-corrected chi connectivity index (χ2v) is 5.63. The van der Waals surface area contributed by atoms with Gasteiger partial charge in [-0.25, -0.2) is 9.78 Å². The third-order valence-corrected chi connectivity index (χ3v) is 3.25. The lowest BCUT2D eigenvalue weighted by Crippen LogP contribution is -2.40. The van der Waals surface area contributed by atoms with Crippen molar-refractivity contribution < 1.29 is 22.7 Å². The lowest BCUT2D eigenvalue weighted by atomic mass is 10.1. The Kier molecular flexibility index (Phi) is 8.35. The minimum atomic E-state index is -4.41. The van der Waals surface area contributed by atoms with E-state index in [2.05, 4.69) is 27.3 Å². The monoisotopic (exact) mass is 347 g/mol. The number of aromatic nitrogens is 1. The van der Waals surface area contributed by atoms with Gasteiger partial charge in [-0.3, -0.25) is 0 Å². The molecule has 136 valence electrons. The molecule has 0 aliphatic carbocycles. The number of unbranched alkanes of at least 4 members (excludes halogenated alkanes) is 2. The molecular weight excluding hydrogens is 323 g/mol. The Balaban J connectivity index is 2.37. The van der Waals surface area contributed by atoms with Crippen LogP contribution in [0.2, 0.25) is 0 Å². The van der Waals surface area contributed by atoms with Gasteiger partial charge < -0.3 is 15.4 Å². The second kappa shape index (κ2) is 10.00. The number of halogens is 3. The molecule has 1 unspecified atom stereocenters. The van der Waals surface area contributed by atoms with Crippen LogP contribution in [0.3, 0.4) is 0 Å². The van der Waals surface area contributed by atoms with Crippen LogP contribution in [-0.4, -0.2) is 29.8 Å². The predicted molar refractivity (Wildman–Crippen MR) is 84.8 cm³/mol. The van der Waals surface area contributed by atoms with Gasteiger partial charge in [-0.15, -0.1) is 0 Å². The Hall–Kier alpha value is -1.99. The molecule has 2 amide bonds. The normalized spacial score (nSPS) is 12.5.